The van der Waals surface area contributed by atoms with E-state index in [9.17, 15) is 0 Å². The van der Waals surface area contributed by atoms with Gasteiger partial charge in [-0.15, -0.1) is 0 Å². The van der Waals surface area contributed by atoms with Crippen molar-refractivity contribution in [3.05, 3.63) is 60.3 Å². The minimum atomic E-state index is 0.217. The molecule has 2 aromatic heterocycles. The molecule has 1 fully saturated rings. The molecule has 0 spiro atoms. The SMILES string of the molecule is C[C@H](NCc1noc(C2CC2)n1)c1ccc(-n2ccnc2)cc1. The summed E-state index contributed by atoms with van der Waals surface area (Å²) in [5.74, 6) is 2.03. The zero-order valence-corrected chi connectivity index (χ0v) is 13.0. The standard InChI is InChI=1S/C17H19N5O/c1-12(19-10-16-20-17(23-21-16)14-2-3-14)13-4-6-15(7-5-13)22-9-8-18-11-22/h4-9,11-12,14,19H,2-3,10H2,1H3/t12-/m0/s1. The molecule has 0 saturated heterocycles. The Hall–Kier alpha value is -2.47. The highest BCUT2D eigenvalue weighted by Gasteiger charge is 2.29. The van der Waals surface area contributed by atoms with Crippen molar-refractivity contribution >= 4 is 0 Å². The molecule has 3 aromatic rings. The third-order valence-corrected chi connectivity index (χ3v) is 4.17. The number of benzene rings is 1. The molecular formula is C17H19N5O. The lowest BCUT2D eigenvalue weighted by Crippen LogP contribution is -2.18. The van der Waals surface area contributed by atoms with Crippen molar-refractivity contribution in [2.75, 3.05) is 0 Å². The highest BCUT2D eigenvalue weighted by Crippen LogP contribution is 2.38. The molecule has 1 saturated carbocycles. The van der Waals surface area contributed by atoms with Crippen LogP contribution in [0.3, 0.4) is 0 Å². The van der Waals surface area contributed by atoms with Crippen molar-refractivity contribution in [1.82, 2.24) is 25.0 Å². The minimum Gasteiger partial charge on any atom is -0.339 e. The van der Waals surface area contributed by atoms with Crippen LogP contribution < -0.4 is 5.32 Å². The molecule has 6 heteroatoms. The number of nitrogens with zero attached hydrogens (tertiary/aromatic N) is 4. The van der Waals surface area contributed by atoms with Crippen LogP contribution in [0.25, 0.3) is 5.69 Å². The molecule has 0 amide bonds. The molecule has 0 radical (unpaired) electrons. The lowest BCUT2D eigenvalue weighted by molar-refractivity contribution is 0.371. The Morgan fingerprint density at radius 2 is 2.13 bits per heavy atom. The van der Waals surface area contributed by atoms with Gasteiger partial charge >= 0.3 is 0 Å². The first-order valence-electron chi connectivity index (χ1n) is 7.94. The number of hydrogen-bond donors (Lipinski definition) is 1. The summed E-state index contributed by atoms with van der Waals surface area (Å²) in [6.07, 6.45) is 7.86. The highest BCUT2D eigenvalue weighted by molar-refractivity contribution is 5.35. The largest absolute Gasteiger partial charge is 0.339 e. The second kappa shape index (κ2) is 5.96. The van der Waals surface area contributed by atoms with Gasteiger partial charge in [0.15, 0.2) is 5.82 Å². The summed E-state index contributed by atoms with van der Waals surface area (Å²) in [5.41, 5.74) is 2.32. The molecule has 0 bridgehead atoms. The fraction of sp³-hybridized carbons (Fsp3) is 0.353. The normalized spacial score (nSPS) is 15.7. The van der Waals surface area contributed by atoms with E-state index in [0.29, 0.717) is 12.5 Å². The zero-order chi connectivity index (χ0) is 15.6. The quantitative estimate of drug-likeness (QED) is 0.758. The first kappa shape index (κ1) is 14.1. The number of nitrogens with one attached hydrogen (secondary N) is 1. The maximum atomic E-state index is 5.27. The predicted octanol–water partition coefficient (Wildman–Crippen LogP) is 2.98. The van der Waals surface area contributed by atoms with E-state index in [-0.39, 0.29) is 6.04 Å². The second-order valence-electron chi connectivity index (χ2n) is 5.99. The Morgan fingerprint density at radius 3 is 2.83 bits per heavy atom. The predicted molar refractivity (Wildman–Crippen MR) is 85.1 cm³/mol. The van der Waals surface area contributed by atoms with Crippen molar-refractivity contribution in [3.8, 4) is 5.69 Å². The smallest absolute Gasteiger partial charge is 0.229 e. The summed E-state index contributed by atoms with van der Waals surface area (Å²) < 4.78 is 7.26. The monoisotopic (exact) mass is 309 g/mol. The lowest BCUT2D eigenvalue weighted by atomic mass is 10.1. The molecule has 1 aliphatic rings. The van der Waals surface area contributed by atoms with Gasteiger partial charge in [-0.3, -0.25) is 0 Å². The Balaban J connectivity index is 1.37. The van der Waals surface area contributed by atoms with Gasteiger partial charge in [0.05, 0.1) is 12.9 Å². The number of imidazole rings is 1. The van der Waals surface area contributed by atoms with Crippen molar-refractivity contribution in [1.29, 1.82) is 0 Å². The maximum Gasteiger partial charge on any atom is 0.229 e. The van der Waals surface area contributed by atoms with Crippen LogP contribution >= 0.6 is 0 Å². The van der Waals surface area contributed by atoms with Crippen LogP contribution in [0.15, 0.2) is 47.5 Å². The molecule has 4 rings (SSSR count). The molecule has 0 aliphatic heterocycles. The summed E-state index contributed by atoms with van der Waals surface area (Å²) in [6.45, 7) is 2.74. The summed E-state index contributed by atoms with van der Waals surface area (Å²) in [6, 6.07) is 8.65. The number of rotatable bonds is 6. The van der Waals surface area contributed by atoms with E-state index in [4.69, 9.17) is 4.52 Å². The topological polar surface area (TPSA) is 68.8 Å². The van der Waals surface area contributed by atoms with Crippen LogP contribution in [0.4, 0.5) is 0 Å². The summed E-state index contributed by atoms with van der Waals surface area (Å²) in [5, 5.41) is 7.47. The van der Waals surface area contributed by atoms with Gasteiger partial charge in [0, 0.05) is 30.0 Å². The van der Waals surface area contributed by atoms with Gasteiger partial charge in [0.1, 0.15) is 0 Å². The van der Waals surface area contributed by atoms with Crippen molar-refractivity contribution < 1.29 is 4.52 Å². The van der Waals surface area contributed by atoms with E-state index in [0.717, 1.165) is 17.4 Å². The van der Waals surface area contributed by atoms with Crippen LogP contribution in [0.1, 0.15) is 49.0 Å². The second-order valence-corrected chi connectivity index (χ2v) is 5.99. The molecule has 1 aliphatic carbocycles. The van der Waals surface area contributed by atoms with Gasteiger partial charge in [0.25, 0.3) is 0 Å². The van der Waals surface area contributed by atoms with E-state index in [1.54, 1.807) is 12.5 Å². The van der Waals surface area contributed by atoms with Crippen LogP contribution in [-0.2, 0) is 6.54 Å². The highest BCUT2D eigenvalue weighted by atomic mass is 16.5. The van der Waals surface area contributed by atoms with Gasteiger partial charge in [0.2, 0.25) is 5.89 Å². The molecule has 1 atom stereocenters. The molecule has 1 aromatic carbocycles. The molecule has 2 heterocycles. The first-order valence-corrected chi connectivity index (χ1v) is 7.94. The van der Waals surface area contributed by atoms with Crippen LogP contribution in [0.5, 0.6) is 0 Å². The van der Waals surface area contributed by atoms with Gasteiger partial charge in [-0.1, -0.05) is 17.3 Å². The Labute approximate surface area is 134 Å². The minimum absolute atomic E-state index is 0.217. The first-order chi connectivity index (χ1) is 11.3. The van der Waals surface area contributed by atoms with Crippen LogP contribution in [-0.4, -0.2) is 19.7 Å². The summed E-state index contributed by atoms with van der Waals surface area (Å²) in [7, 11) is 0. The molecule has 1 N–H and O–H groups in total. The Bertz CT molecular complexity index is 759. The third-order valence-electron chi connectivity index (χ3n) is 4.17. The van der Waals surface area contributed by atoms with E-state index >= 15 is 0 Å². The summed E-state index contributed by atoms with van der Waals surface area (Å²) >= 11 is 0. The van der Waals surface area contributed by atoms with Crippen molar-refractivity contribution in [2.45, 2.75) is 38.3 Å². The van der Waals surface area contributed by atoms with Crippen molar-refractivity contribution in [3.63, 3.8) is 0 Å². The van der Waals surface area contributed by atoms with E-state index < -0.39 is 0 Å². The van der Waals surface area contributed by atoms with Crippen molar-refractivity contribution in [2.24, 2.45) is 0 Å². The van der Waals surface area contributed by atoms with Gasteiger partial charge in [-0.05, 0) is 37.5 Å². The Kier molecular flexibility index (Phi) is 3.67. The molecule has 0 unspecified atom stereocenters. The maximum absolute atomic E-state index is 5.27. The molecule has 118 valence electrons. The fourth-order valence-electron chi connectivity index (χ4n) is 2.54. The van der Waals surface area contributed by atoms with E-state index in [2.05, 4.69) is 51.6 Å². The van der Waals surface area contributed by atoms with Gasteiger partial charge < -0.3 is 14.4 Å². The third kappa shape index (κ3) is 3.17. The van der Waals surface area contributed by atoms with Crippen LogP contribution in [0.2, 0.25) is 0 Å². The molecular weight excluding hydrogens is 290 g/mol. The lowest BCUT2D eigenvalue weighted by Gasteiger charge is -2.13. The van der Waals surface area contributed by atoms with E-state index in [1.807, 2.05) is 10.8 Å². The van der Waals surface area contributed by atoms with E-state index in [1.165, 1.54) is 18.4 Å². The van der Waals surface area contributed by atoms with Crippen LogP contribution in [0, 0.1) is 0 Å². The average molecular weight is 309 g/mol. The molecule has 23 heavy (non-hydrogen) atoms. The molecule has 6 nitrogen and oxygen atoms in total. The summed E-state index contributed by atoms with van der Waals surface area (Å²) in [4.78, 5) is 8.50. The zero-order valence-electron chi connectivity index (χ0n) is 13.0. The fourth-order valence-corrected chi connectivity index (χ4v) is 2.54. The van der Waals surface area contributed by atoms with Gasteiger partial charge in [-0.2, -0.15) is 4.98 Å². The Morgan fingerprint density at radius 1 is 1.30 bits per heavy atom. The van der Waals surface area contributed by atoms with Gasteiger partial charge in [-0.25, -0.2) is 4.98 Å². The average Bonchev–Trinajstić information content (AvgIpc) is 3.11. The number of hydrogen-bond acceptors (Lipinski definition) is 5. The number of aromatic nitrogens is 4.